The Morgan fingerprint density at radius 2 is 2.30 bits per heavy atom. The highest BCUT2D eigenvalue weighted by Gasteiger charge is 2.22. The van der Waals surface area contributed by atoms with Crippen LogP contribution in [0.3, 0.4) is 0 Å². The van der Waals surface area contributed by atoms with Gasteiger partial charge in [0.25, 0.3) is 0 Å². The van der Waals surface area contributed by atoms with Crippen LogP contribution in [0, 0.1) is 0 Å². The van der Waals surface area contributed by atoms with Gasteiger partial charge in [0, 0.05) is 13.1 Å². The Morgan fingerprint density at radius 3 is 2.70 bits per heavy atom. The third-order valence-electron chi connectivity index (χ3n) is 1.58. The summed E-state index contributed by atoms with van der Waals surface area (Å²) in [7, 11) is 2.03. The summed E-state index contributed by atoms with van der Waals surface area (Å²) >= 11 is 11.3. The molecule has 1 saturated heterocycles. The maximum Gasteiger partial charge on any atom is 0.135 e. The minimum absolute atomic E-state index is 0.0120. The van der Waals surface area contributed by atoms with Crippen LogP contribution in [0.2, 0.25) is 0 Å². The highest BCUT2D eigenvalue weighted by Crippen LogP contribution is 2.15. The van der Waals surface area contributed by atoms with Gasteiger partial charge in [0.2, 0.25) is 0 Å². The van der Waals surface area contributed by atoms with E-state index in [2.05, 4.69) is 4.90 Å². The van der Waals surface area contributed by atoms with Crippen LogP contribution in [0.25, 0.3) is 0 Å². The Labute approximate surface area is 71.0 Å². The van der Waals surface area contributed by atoms with Gasteiger partial charge in [-0.05, 0) is 7.05 Å². The van der Waals surface area contributed by atoms with Crippen LogP contribution in [0.5, 0.6) is 0 Å². The lowest BCUT2D eigenvalue weighted by Crippen LogP contribution is -2.42. The minimum atomic E-state index is -0.400. The van der Waals surface area contributed by atoms with Crippen molar-refractivity contribution in [2.24, 2.45) is 0 Å². The van der Waals surface area contributed by atoms with E-state index in [4.69, 9.17) is 27.9 Å². The van der Waals surface area contributed by atoms with Gasteiger partial charge in [0.1, 0.15) is 10.9 Å². The van der Waals surface area contributed by atoms with Crippen molar-refractivity contribution in [1.82, 2.24) is 4.90 Å². The molecule has 1 fully saturated rings. The van der Waals surface area contributed by atoms with Crippen molar-refractivity contribution in [3.8, 4) is 0 Å². The van der Waals surface area contributed by atoms with E-state index in [0.717, 1.165) is 19.7 Å². The molecule has 1 heterocycles. The zero-order valence-corrected chi connectivity index (χ0v) is 7.40. The number of morpholine rings is 1. The van der Waals surface area contributed by atoms with Crippen molar-refractivity contribution in [3.05, 3.63) is 0 Å². The fourth-order valence-corrected chi connectivity index (χ4v) is 1.27. The molecule has 0 aromatic carbocycles. The van der Waals surface area contributed by atoms with E-state index >= 15 is 0 Å². The van der Waals surface area contributed by atoms with Gasteiger partial charge in [-0.25, -0.2) is 0 Å². The van der Waals surface area contributed by atoms with Crippen LogP contribution in [0.4, 0.5) is 0 Å². The Hall–Kier alpha value is 0.500. The zero-order chi connectivity index (χ0) is 7.56. The number of nitrogens with zero attached hydrogens (tertiary/aromatic N) is 1. The predicted octanol–water partition coefficient (Wildman–Crippen LogP) is 1.12. The molecule has 0 aromatic heterocycles. The molecule has 1 aliphatic rings. The summed E-state index contributed by atoms with van der Waals surface area (Å²) in [5.74, 6) is 0. The Kier molecular flexibility index (Phi) is 3.24. The van der Waals surface area contributed by atoms with E-state index in [1.165, 1.54) is 0 Å². The number of rotatable bonds is 1. The van der Waals surface area contributed by atoms with Gasteiger partial charge in [0.15, 0.2) is 0 Å². The smallest absolute Gasteiger partial charge is 0.135 e. The third kappa shape index (κ3) is 2.27. The maximum atomic E-state index is 5.64. The van der Waals surface area contributed by atoms with Crippen molar-refractivity contribution < 1.29 is 4.74 Å². The van der Waals surface area contributed by atoms with Gasteiger partial charge >= 0.3 is 0 Å². The lowest BCUT2D eigenvalue weighted by atomic mass is 10.3. The second-order valence-corrected chi connectivity index (χ2v) is 3.67. The SMILES string of the molecule is CN1CCOC(C(Cl)Cl)C1. The summed E-state index contributed by atoms with van der Waals surface area (Å²) in [4.78, 5) is 1.76. The molecule has 10 heavy (non-hydrogen) atoms. The van der Waals surface area contributed by atoms with Crippen LogP contribution in [-0.4, -0.2) is 42.6 Å². The normalized spacial score (nSPS) is 29.4. The van der Waals surface area contributed by atoms with E-state index < -0.39 is 4.84 Å². The van der Waals surface area contributed by atoms with E-state index in [0.29, 0.717) is 0 Å². The van der Waals surface area contributed by atoms with Crippen molar-refractivity contribution >= 4 is 23.2 Å². The van der Waals surface area contributed by atoms with Crippen LogP contribution in [-0.2, 0) is 4.74 Å². The quantitative estimate of drug-likeness (QED) is 0.566. The first-order chi connectivity index (χ1) is 4.70. The number of likely N-dealkylation sites (N-methyl/N-ethyl adjacent to an activating group) is 1. The summed E-state index contributed by atoms with van der Waals surface area (Å²) < 4.78 is 5.30. The van der Waals surface area contributed by atoms with Crippen molar-refractivity contribution in [2.75, 3.05) is 26.7 Å². The number of hydrogen-bond donors (Lipinski definition) is 0. The first kappa shape index (κ1) is 8.60. The molecule has 0 amide bonds. The molecule has 0 aliphatic carbocycles. The average molecular weight is 184 g/mol. The monoisotopic (exact) mass is 183 g/mol. The average Bonchev–Trinajstić information content (AvgIpc) is 1.88. The molecule has 4 heteroatoms. The van der Waals surface area contributed by atoms with Crippen LogP contribution in [0.1, 0.15) is 0 Å². The van der Waals surface area contributed by atoms with E-state index in [9.17, 15) is 0 Å². The molecule has 0 aromatic rings. The minimum Gasteiger partial charge on any atom is -0.373 e. The maximum absolute atomic E-state index is 5.64. The molecular weight excluding hydrogens is 173 g/mol. The van der Waals surface area contributed by atoms with Crippen LogP contribution < -0.4 is 0 Å². The second-order valence-electron chi connectivity index (χ2n) is 2.51. The van der Waals surface area contributed by atoms with Gasteiger partial charge in [-0.1, -0.05) is 0 Å². The molecule has 0 radical (unpaired) electrons. The highest BCUT2D eigenvalue weighted by molar-refractivity contribution is 6.44. The van der Waals surface area contributed by atoms with E-state index in [-0.39, 0.29) is 6.10 Å². The van der Waals surface area contributed by atoms with Crippen molar-refractivity contribution in [1.29, 1.82) is 0 Å². The molecule has 0 N–H and O–H groups in total. The lowest BCUT2D eigenvalue weighted by molar-refractivity contribution is -0.0116. The molecule has 2 nitrogen and oxygen atoms in total. The number of alkyl halides is 2. The Bertz CT molecular complexity index is 110. The van der Waals surface area contributed by atoms with Gasteiger partial charge in [-0.3, -0.25) is 0 Å². The number of ether oxygens (including phenoxy) is 1. The first-order valence-corrected chi connectivity index (χ1v) is 4.15. The van der Waals surface area contributed by atoms with Gasteiger partial charge in [0.05, 0.1) is 6.61 Å². The third-order valence-corrected chi connectivity index (χ3v) is 2.14. The first-order valence-electron chi connectivity index (χ1n) is 3.28. The summed E-state index contributed by atoms with van der Waals surface area (Å²) in [5, 5.41) is 0. The molecule has 1 unspecified atom stereocenters. The summed E-state index contributed by atoms with van der Waals surface area (Å²) in [6, 6.07) is 0. The van der Waals surface area contributed by atoms with E-state index in [1.807, 2.05) is 7.05 Å². The fourth-order valence-electron chi connectivity index (χ4n) is 0.964. The number of hydrogen-bond acceptors (Lipinski definition) is 2. The van der Waals surface area contributed by atoms with Gasteiger partial charge < -0.3 is 9.64 Å². The molecule has 0 bridgehead atoms. The number of halogens is 2. The topological polar surface area (TPSA) is 12.5 Å². The molecule has 1 rings (SSSR count). The van der Waals surface area contributed by atoms with Crippen LogP contribution in [0.15, 0.2) is 0 Å². The highest BCUT2D eigenvalue weighted by atomic mass is 35.5. The van der Waals surface area contributed by atoms with Crippen molar-refractivity contribution in [2.45, 2.75) is 10.9 Å². The summed E-state index contributed by atoms with van der Waals surface area (Å²) in [6.07, 6.45) is -0.0120. The largest absolute Gasteiger partial charge is 0.373 e. The van der Waals surface area contributed by atoms with Gasteiger partial charge in [-0.2, -0.15) is 0 Å². The molecule has 1 atom stereocenters. The van der Waals surface area contributed by atoms with Gasteiger partial charge in [-0.15, -0.1) is 23.2 Å². The lowest BCUT2D eigenvalue weighted by Gasteiger charge is -2.30. The fraction of sp³-hybridized carbons (Fsp3) is 1.00. The molecule has 0 saturated carbocycles. The zero-order valence-electron chi connectivity index (χ0n) is 5.89. The van der Waals surface area contributed by atoms with Crippen LogP contribution >= 0.6 is 23.2 Å². The van der Waals surface area contributed by atoms with E-state index in [1.54, 1.807) is 0 Å². The Balaban J connectivity index is 2.32. The summed E-state index contributed by atoms with van der Waals surface area (Å²) in [6.45, 7) is 2.53. The standard InChI is InChI=1S/C6H11Cl2NO/c1-9-2-3-10-5(4-9)6(7)8/h5-6H,2-4H2,1H3. The Morgan fingerprint density at radius 1 is 1.60 bits per heavy atom. The summed E-state index contributed by atoms with van der Waals surface area (Å²) in [5.41, 5.74) is 0. The predicted molar refractivity (Wildman–Crippen MR) is 42.7 cm³/mol. The molecule has 0 spiro atoms. The second kappa shape index (κ2) is 3.77. The molecular formula is C6H11Cl2NO. The van der Waals surface area contributed by atoms with Crippen molar-refractivity contribution in [3.63, 3.8) is 0 Å². The molecule has 1 aliphatic heterocycles. The molecule has 60 valence electrons.